The van der Waals surface area contributed by atoms with E-state index < -0.39 is 0 Å². The SMILES string of the molecule is C[C@@H]1Cc2cc(O)c(CN(C)C)cc2C2CCC3(C)/C(=C/COCCN(C)C)CCC3C21. The summed E-state index contributed by atoms with van der Waals surface area (Å²) in [6.45, 7) is 8.35. The third kappa shape index (κ3) is 4.51. The van der Waals surface area contributed by atoms with Crippen LogP contribution in [0.1, 0.15) is 62.1 Å². The Hall–Kier alpha value is -1.36. The summed E-state index contributed by atoms with van der Waals surface area (Å²) in [6, 6.07) is 4.43. The molecule has 0 amide bonds. The number of allylic oxidation sites excluding steroid dienone is 1. The highest BCUT2D eigenvalue weighted by atomic mass is 16.5. The molecule has 0 aliphatic heterocycles. The summed E-state index contributed by atoms with van der Waals surface area (Å²) in [4.78, 5) is 4.32. The van der Waals surface area contributed by atoms with Gasteiger partial charge in [0, 0.05) is 18.7 Å². The van der Waals surface area contributed by atoms with E-state index in [0.717, 1.165) is 50.1 Å². The van der Waals surface area contributed by atoms with Crippen LogP contribution in [0.5, 0.6) is 5.75 Å². The van der Waals surface area contributed by atoms with Crippen molar-refractivity contribution in [3.05, 3.63) is 40.5 Å². The fourth-order valence-electron chi connectivity index (χ4n) is 7.19. The van der Waals surface area contributed by atoms with Crippen LogP contribution in [0.2, 0.25) is 0 Å². The molecular weight excluding hydrogens is 396 g/mol. The molecule has 1 aromatic rings. The zero-order valence-corrected chi connectivity index (χ0v) is 21.2. The van der Waals surface area contributed by atoms with Crippen LogP contribution in [0.15, 0.2) is 23.8 Å². The number of phenolic OH excluding ortho intramolecular Hbond substituents is 1. The number of hydrogen-bond acceptors (Lipinski definition) is 4. The van der Waals surface area contributed by atoms with Gasteiger partial charge in [0.1, 0.15) is 5.75 Å². The van der Waals surface area contributed by atoms with E-state index in [9.17, 15) is 5.11 Å². The van der Waals surface area contributed by atoms with Gasteiger partial charge in [-0.3, -0.25) is 0 Å². The summed E-state index contributed by atoms with van der Waals surface area (Å²) in [6.07, 6.45) is 8.63. The van der Waals surface area contributed by atoms with E-state index in [1.54, 1.807) is 5.57 Å². The number of ether oxygens (including phenoxy) is 1. The summed E-state index contributed by atoms with van der Waals surface area (Å²) in [7, 11) is 8.34. The van der Waals surface area contributed by atoms with Gasteiger partial charge < -0.3 is 19.6 Å². The largest absolute Gasteiger partial charge is 0.508 e. The normalized spacial score (nSPS) is 32.9. The van der Waals surface area contributed by atoms with Gasteiger partial charge in [0.05, 0.1) is 13.2 Å². The Kier molecular flexibility index (Phi) is 7.05. The standard InChI is InChI=1S/C28H44N2O2/c1-19-15-20-17-26(31)21(18-30(5)6)16-24(20)23-9-11-28(2)22(7-8-25(28)27(19)23)10-13-32-14-12-29(3)4/h10,16-17,19,23,25,27,31H,7-9,11-15,18H2,1-6H3/b22-10+/t19-,23?,25?,27?,28?/m1/s1. The van der Waals surface area contributed by atoms with Gasteiger partial charge in [-0.1, -0.05) is 31.6 Å². The molecule has 1 aromatic carbocycles. The van der Waals surface area contributed by atoms with Crippen molar-refractivity contribution >= 4 is 0 Å². The number of rotatable bonds is 7. The van der Waals surface area contributed by atoms with Crippen molar-refractivity contribution in [2.24, 2.45) is 23.2 Å². The maximum absolute atomic E-state index is 10.6. The molecule has 0 bridgehead atoms. The van der Waals surface area contributed by atoms with Crippen LogP contribution < -0.4 is 0 Å². The van der Waals surface area contributed by atoms with Crippen molar-refractivity contribution in [3.63, 3.8) is 0 Å². The Labute approximate surface area is 195 Å². The zero-order valence-electron chi connectivity index (χ0n) is 21.2. The number of likely N-dealkylation sites (N-methyl/N-ethyl adjacent to an activating group) is 1. The van der Waals surface area contributed by atoms with E-state index in [-0.39, 0.29) is 0 Å². The fourth-order valence-corrected chi connectivity index (χ4v) is 7.19. The van der Waals surface area contributed by atoms with E-state index in [1.165, 1.54) is 36.8 Å². The minimum atomic E-state index is 0.335. The maximum Gasteiger partial charge on any atom is 0.120 e. The average molecular weight is 441 g/mol. The molecule has 3 aliphatic rings. The quantitative estimate of drug-likeness (QED) is 0.475. The molecule has 0 radical (unpaired) electrons. The van der Waals surface area contributed by atoms with E-state index in [4.69, 9.17) is 4.74 Å². The summed E-state index contributed by atoms with van der Waals surface area (Å²) in [5, 5.41) is 10.6. The molecule has 32 heavy (non-hydrogen) atoms. The van der Waals surface area contributed by atoms with Crippen molar-refractivity contribution in [1.82, 2.24) is 9.80 Å². The Morgan fingerprint density at radius 3 is 2.66 bits per heavy atom. The number of hydrogen-bond donors (Lipinski definition) is 1. The lowest BCUT2D eigenvalue weighted by Crippen LogP contribution is -2.43. The maximum atomic E-state index is 10.6. The van der Waals surface area contributed by atoms with Crippen LogP contribution in [0.3, 0.4) is 0 Å². The molecule has 4 unspecified atom stereocenters. The number of aromatic hydroxyl groups is 1. The topological polar surface area (TPSA) is 35.9 Å². The predicted octanol–water partition coefficient (Wildman–Crippen LogP) is 5.06. The number of benzene rings is 1. The molecular formula is C28H44N2O2. The first-order chi connectivity index (χ1) is 15.2. The lowest BCUT2D eigenvalue weighted by molar-refractivity contribution is 0.0483. The second kappa shape index (κ2) is 9.48. The molecule has 3 aliphatic carbocycles. The van der Waals surface area contributed by atoms with Gasteiger partial charge in [-0.05, 0) is 107 Å². The predicted molar refractivity (Wildman–Crippen MR) is 132 cm³/mol. The molecule has 4 nitrogen and oxygen atoms in total. The highest BCUT2D eigenvalue weighted by molar-refractivity contribution is 5.46. The molecule has 0 saturated heterocycles. The number of nitrogens with zero attached hydrogens (tertiary/aromatic N) is 2. The van der Waals surface area contributed by atoms with Gasteiger partial charge in [0.15, 0.2) is 0 Å². The summed E-state index contributed by atoms with van der Waals surface area (Å²) < 4.78 is 5.92. The fraction of sp³-hybridized carbons (Fsp3) is 0.714. The van der Waals surface area contributed by atoms with Crippen LogP contribution in [0.4, 0.5) is 0 Å². The van der Waals surface area contributed by atoms with Crippen LogP contribution in [-0.2, 0) is 17.7 Å². The second-order valence-corrected chi connectivity index (χ2v) is 11.5. The molecule has 0 heterocycles. The van der Waals surface area contributed by atoms with Crippen LogP contribution >= 0.6 is 0 Å². The summed E-state index contributed by atoms with van der Waals surface area (Å²) >= 11 is 0. The lowest BCUT2D eigenvalue weighted by atomic mass is 9.52. The van der Waals surface area contributed by atoms with E-state index in [0.29, 0.717) is 23.0 Å². The first kappa shape index (κ1) is 23.8. The smallest absolute Gasteiger partial charge is 0.120 e. The molecule has 0 spiro atoms. The molecule has 5 atom stereocenters. The average Bonchev–Trinajstić information content (AvgIpc) is 3.04. The van der Waals surface area contributed by atoms with E-state index in [1.807, 2.05) is 0 Å². The molecule has 178 valence electrons. The zero-order chi connectivity index (χ0) is 23.0. The van der Waals surface area contributed by atoms with Crippen molar-refractivity contribution in [1.29, 1.82) is 0 Å². The monoisotopic (exact) mass is 440 g/mol. The molecule has 1 N–H and O–H groups in total. The third-order valence-corrected chi connectivity index (χ3v) is 8.74. The van der Waals surface area contributed by atoms with E-state index in [2.05, 4.69) is 70.0 Å². The van der Waals surface area contributed by atoms with Crippen LogP contribution in [-0.4, -0.2) is 62.9 Å². The van der Waals surface area contributed by atoms with Gasteiger partial charge >= 0.3 is 0 Å². The number of fused-ring (bicyclic) bond motifs is 5. The minimum absolute atomic E-state index is 0.335. The Bertz CT molecular complexity index is 846. The summed E-state index contributed by atoms with van der Waals surface area (Å²) in [5.41, 5.74) is 6.00. The lowest BCUT2D eigenvalue weighted by Gasteiger charge is -2.52. The highest BCUT2D eigenvalue weighted by Gasteiger charge is 2.54. The van der Waals surface area contributed by atoms with Crippen LogP contribution in [0.25, 0.3) is 0 Å². The van der Waals surface area contributed by atoms with E-state index >= 15 is 0 Å². The Morgan fingerprint density at radius 1 is 1.16 bits per heavy atom. The molecule has 2 fully saturated rings. The second-order valence-electron chi connectivity index (χ2n) is 11.5. The van der Waals surface area contributed by atoms with Gasteiger partial charge in [0.2, 0.25) is 0 Å². The molecule has 4 rings (SSSR count). The first-order valence-corrected chi connectivity index (χ1v) is 12.6. The number of phenols is 1. The van der Waals surface area contributed by atoms with Crippen molar-refractivity contribution in [3.8, 4) is 5.75 Å². The molecule has 2 saturated carbocycles. The summed E-state index contributed by atoms with van der Waals surface area (Å²) in [5.74, 6) is 3.31. The van der Waals surface area contributed by atoms with Crippen molar-refractivity contribution in [2.75, 3.05) is 47.9 Å². The van der Waals surface area contributed by atoms with Gasteiger partial charge in [0.25, 0.3) is 0 Å². The van der Waals surface area contributed by atoms with Gasteiger partial charge in [-0.25, -0.2) is 0 Å². The van der Waals surface area contributed by atoms with Crippen molar-refractivity contribution in [2.45, 2.75) is 58.4 Å². The minimum Gasteiger partial charge on any atom is -0.508 e. The van der Waals surface area contributed by atoms with Crippen molar-refractivity contribution < 1.29 is 9.84 Å². The third-order valence-electron chi connectivity index (χ3n) is 8.74. The molecule has 0 aromatic heterocycles. The molecule has 4 heteroatoms. The Morgan fingerprint density at radius 2 is 1.94 bits per heavy atom. The highest BCUT2D eigenvalue weighted by Crippen LogP contribution is 2.64. The Balaban J connectivity index is 1.54. The first-order valence-electron chi connectivity index (χ1n) is 12.6. The van der Waals surface area contributed by atoms with Gasteiger partial charge in [-0.2, -0.15) is 0 Å². The van der Waals surface area contributed by atoms with Gasteiger partial charge in [-0.15, -0.1) is 0 Å². The van der Waals surface area contributed by atoms with Crippen LogP contribution in [0, 0.1) is 23.2 Å².